The van der Waals surface area contributed by atoms with Gasteiger partial charge in [-0.15, -0.1) is 0 Å². The van der Waals surface area contributed by atoms with Crippen LogP contribution in [0, 0.1) is 0 Å². The summed E-state index contributed by atoms with van der Waals surface area (Å²) in [4.78, 5) is 40.9. The SMILES string of the molecule is CN1C(=O)N[C@H](c2ccccc2Cl)C2=C1CN(CC(=O)NCCOc1ccccc1)C2=O. The van der Waals surface area contributed by atoms with Gasteiger partial charge in [0.05, 0.1) is 30.4 Å². The van der Waals surface area contributed by atoms with Crippen LogP contribution in [0.5, 0.6) is 5.75 Å². The Morgan fingerprint density at radius 1 is 1.16 bits per heavy atom. The van der Waals surface area contributed by atoms with Gasteiger partial charge in [-0.2, -0.15) is 0 Å². The molecule has 8 nitrogen and oxygen atoms in total. The zero-order valence-electron chi connectivity index (χ0n) is 17.5. The van der Waals surface area contributed by atoms with E-state index in [0.29, 0.717) is 35.0 Å². The van der Waals surface area contributed by atoms with Gasteiger partial charge in [0.25, 0.3) is 5.91 Å². The average molecular weight is 455 g/mol. The Hall–Kier alpha value is -3.52. The largest absolute Gasteiger partial charge is 0.492 e. The molecule has 2 aliphatic rings. The molecule has 4 rings (SSSR count). The fraction of sp³-hybridized carbons (Fsp3) is 0.261. The number of benzene rings is 2. The number of likely N-dealkylation sites (N-methyl/N-ethyl adjacent to an activating group) is 1. The Morgan fingerprint density at radius 2 is 1.88 bits per heavy atom. The van der Waals surface area contributed by atoms with E-state index >= 15 is 0 Å². The molecular weight excluding hydrogens is 432 g/mol. The van der Waals surface area contributed by atoms with Crippen molar-refractivity contribution in [3.8, 4) is 5.75 Å². The molecular formula is C23H23ClN4O4. The van der Waals surface area contributed by atoms with Gasteiger partial charge in [0.2, 0.25) is 5.91 Å². The molecule has 1 atom stereocenters. The molecule has 32 heavy (non-hydrogen) atoms. The minimum atomic E-state index is -0.665. The number of carbonyl (C=O) groups excluding carboxylic acids is 3. The monoisotopic (exact) mass is 454 g/mol. The van der Waals surface area contributed by atoms with Crippen LogP contribution in [0.1, 0.15) is 11.6 Å². The third-order valence-corrected chi connectivity index (χ3v) is 5.77. The highest BCUT2D eigenvalue weighted by atomic mass is 35.5. The Balaban J connectivity index is 1.39. The lowest BCUT2D eigenvalue weighted by Crippen LogP contribution is -2.45. The van der Waals surface area contributed by atoms with Crippen LogP contribution in [-0.4, -0.2) is 60.9 Å². The molecule has 0 aromatic heterocycles. The number of carbonyl (C=O) groups is 3. The van der Waals surface area contributed by atoms with Gasteiger partial charge in [0.15, 0.2) is 0 Å². The van der Waals surface area contributed by atoms with Crippen LogP contribution >= 0.6 is 11.6 Å². The van der Waals surface area contributed by atoms with Crippen LogP contribution in [-0.2, 0) is 9.59 Å². The molecule has 0 saturated heterocycles. The number of amides is 4. The summed E-state index contributed by atoms with van der Waals surface area (Å²) in [6.45, 7) is 0.681. The maximum absolute atomic E-state index is 13.2. The van der Waals surface area contributed by atoms with Crippen molar-refractivity contribution in [1.29, 1.82) is 0 Å². The maximum atomic E-state index is 13.2. The molecule has 0 fully saturated rings. The maximum Gasteiger partial charge on any atom is 0.322 e. The predicted molar refractivity (Wildman–Crippen MR) is 119 cm³/mol. The molecule has 9 heteroatoms. The summed E-state index contributed by atoms with van der Waals surface area (Å²) < 4.78 is 5.56. The van der Waals surface area contributed by atoms with E-state index in [1.54, 1.807) is 31.3 Å². The molecule has 4 amide bonds. The Morgan fingerprint density at radius 3 is 2.62 bits per heavy atom. The smallest absolute Gasteiger partial charge is 0.322 e. The van der Waals surface area contributed by atoms with Gasteiger partial charge in [0, 0.05) is 12.1 Å². The van der Waals surface area contributed by atoms with Gasteiger partial charge in [-0.25, -0.2) is 4.79 Å². The van der Waals surface area contributed by atoms with Gasteiger partial charge in [-0.05, 0) is 23.8 Å². The quantitative estimate of drug-likeness (QED) is 0.628. The molecule has 0 spiro atoms. The highest BCUT2D eigenvalue weighted by Gasteiger charge is 2.43. The lowest BCUT2D eigenvalue weighted by Gasteiger charge is -2.31. The number of hydrogen-bond acceptors (Lipinski definition) is 4. The second kappa shape index (κ2) is 9.32. The number of hydrogen-bond donors (Lipinski definition) is 2. The molecule has 2 aromatic carbocycles. The van der Waals surface area contributed by atoms with Crippen LogP contribution in [0.2, 0.25) is 5.02 Å². The fourth-order valence-corrected chi connectivity index (χ4v) is 4.04. The van der Waals surface area contributed by atoms with Crippen molar-refractivity contribution in [3.05, 3.63) is 76.5 Å². The molecule has 0 saturated carbocycles. The summed E-state index contributed by atoms with van der Waals surface area (Å²) in [5.74, 6) is 0.123. The van der Waals surface area contributed by atoms with Crippen LogP contribution in [0.25, 0.3) is 0 Å². The van der Waals surface area contributed by atoms with Crippen LogP contribution < -0.4 is 15.4 Å². The molecule has 0 bridgehead atoms. The van der Waals surface area contributed by atoms with Crippen molar-refractivity contribution < 1.29 is 19.1 Å². The molecule has 2 heterocycles. The van der Waals surface area contributed by atoms with E-state index in [1.165, 1.54) is 9.80 Å². The predicted octanol–water partition coefficient (Wildman–Crippen LogP) is 2.33. The number of ether oxygens (including phenoxy) is 1. The molecule has 0 aliphatic carbocycles. The first-order chi connectivity index (χ1) is 15.5. The number of rotatable bonds is 7. The van der Waals surface area contributed by atoms with Crippen molar-refractivity contribution in [2.75, 3.05) is 33.3 Å². The fourth-order valence-electron chi connectivity index (χ4n) is 3.80. The Labute approximate surface area is 190 Å². The number of para-hydroxylation sites is 1. The number of nitrogens with zero attached hydrogens (tertiary/aromatic N) is 2. The van der Waals surface area contributed by atoms with Crippen LogP contribution in [0.3, 0.4) is 0 Å². The van der Waals surface area contributed by atoms with Crippen molar-refractivity contribution in [1.82, 2.24) is 20.4 Å². The molecule has 166 valence electrons. The second-order valence-corrected chi connectivity index (χ2v) is 7.90. The number of nitrogens with one attached hydrogen (secondary N) is 2. The van der Waals surface area contributed by atoms with E-state index in [2.05, 4.69) is 10.6 Å². The van der Waals surface area contributed by atoms with Gasteiger partial charge < -0.3 is 20.3 Å². The lowest BCUT2D eigenvalue weighted by atomic mass is 9.96. The summed E-state index contributed by atoms with van der Waals surface area (Å²) in [6.07, 6.45) is 0. The molecule has 0 unspecified atom stereocenters. The van der Waals surface area contributed by atoms with Gasteiger partial charge in [-0.3, -0.25) is 14.5 Å². The highest BCUT2D eigenvalue weighted by Crippen LogP contribution is 2.37. The van der Waals surface area contributed by atoms with Gasteiger partial charge >= 0.3 is 6.03 Å². The first kappa shape index (κ1) is 21.7. The number of urea groups is 1. The van der Waals surface area contributed by atoms with Crippen molar-refractivity contribution >= 4 is 29.4 Å². The van der Waals surface area contributed by atoms with Gasteiger partial charge in [0.1, 0.15) is 18.9 Å². The van der Waals surface area contributed by atoms with Crippen molar-refractivity contribution in [2.24, 2.45) is 0 Å². The van der Waals surface area contributed by atoms with E-state index < -0.39 is 6.04 Å². The lowest BCUT2D eigenvalue weighted by molar-refractivity contribution is -0.131. The summed E-state index contributed by atoms with van der Waals surface area (Å²) in [6, 6.07) is 15.4. The summed E-state index contributed by atoms with van der Waals surface area (Å²) >= 11 is 6.33. The number of halogens is 1. The molecule has 2 aromatic rings. The van der Waals surface area contributed by atoms with Crippen molar-refractivity contribution in [3.63, 3.8) is 0 Å². The molecule has 0 radical (unpaired) electrons. The van der Waals surface area contributed by atoms with E-state index in [9.17, 15) is 14.4 Å². The molecule has 2 N–H and O–H groups in total. The summed E-state index contributed by atoms with van der Waals surface area (Å²) in [5, 5.41) is 6.05. The van der Waals surface area contributed by atoms with E-state index in [4.69, 9.17) is 16.3 Å². The molecule has 2 aliphatic heterocycles. The van der Waals surface area contributed by atoms with Crippen molar-refractivity contribution in [2.45, 2.75) is 6.04 Å². The van der Waals surface area contributed by atoms with Gasteiger partial charge in [-0.1, -0.05) is 48.0 Å². The van der Waals surface area contributed by atoms with E-state index in [0.717, 1.165) is 5.75 Å². The highest BCUT2D eigenvalue weighted by molar-refractivity contribution is 6.31. The van der Waals surface area contributed by atoms with Crippen LogP contribution in [0.15, 0.2) is 65.9 Å². The van der Waals surface area contributed by atoms with Crippen LogP contribution in [0.4, 0.5) is 4.79 Å². The minimum absolute atomic E-state index is 0.117. The van der Waals surface area contributed by atoms with E-state index in [-0.39, 0.29) is 30.9 Å². The van der Waals surface area contributed by atoms with E-state index in [1.807, 2.05) is 30.3 Å². The second-order valence-electron chi connectivity index (χ2n) is 7.50. The summed E-state index contributed by atoms with van der Waals surface area (Å²) in [7, 11) is 1.60. The Bertz CT molecular complexity index is 1070. The average Bonchev–Trinajstić information content (AvgIpc) is 3.11. The zero-order chi connectivity index (χ0) is 22.7. The topological polar surface area (TPSA) is 91.0 Å². The Kier molecular flexibility index (Phi) is 6.32. The first-order valence-electron chi connectivity index (χ1n) is 10.2. The third-order valence-electron chi connectivity index (χ3n) is 5.42. The standard InChI is InChI=1S/C23H23ClN4O4/c1-27-18-13-28(14-19(29)25-11-12-32-15-7-3-2-4-8-15)22(30)20(18)21(26-23(27)31)16-9-5-6-10-17(16)24/h2-10,21H,11-14H2,1H3,(H,25,29)(H,26,31)/t21-/m1/s1. The first-order valence-corrected chi connectivity index (χ1v) is 10.6. The zero-order valence-corrected chi connectivity index (χ0v) is 18.3. The third kappa shape index (κ3) is 4.40. The normalized spacial score (nSPS) is 17.9. The summed E-state index contributed by atoms with van der Waals surface area (Å²) in [5.41, 5.74) is 1.64. The minimum Gasteiger partial charge on any atom is -0.492 e.